The van der Waals surface area contributed by atoms with Crippen LogP contribution < -0.4 is 0 Å². The van der Waals surface area contributed by atoms with E-state index in [9.17, 15) is 0 Å². The van der Waals surface area contributed by atoms with Crippen LogP contribution >= 0.6 is 0 Å². The fourth-order valence-corrected chi connectivity index (χ4v) is 16.0. The Kier molecular flexibility index (Phi) is 9.01. The van der Waals surface area contributed by atoms with Gasteiger partial charge >= 0.3 is 0 Å². The van der Waals surface area contributed by atoms with Gasteiger partial charge in [0.1, 0.15) is 0 Å². The van der Waals surface area contributed by atoms with Crippen LogP contribution in [-0.2, 0) is 0 Å². The van der Waals surface area contributed by atoms with Crippen molar-refractivity contribution in [2.75, 3.05) is 0 Å². The molecule has 21 aromatic rings. The van der Waals surface area contributed by atoms with E-state index >= 15 is 0 Å². The molecule has 0 saturated heterocycles. The minimum atomic E-state index is 1.17. The Hall–Kier alpha value is -11.7. The average molecular weight is 1110 g/mol. The number of hydrogen-bond acceptors (Lipinski definition) is 0. The molecule has 0 spiro atoms. The minimum absolute atomic E-state index is 1.17. The van der Waals surface area contributed by atoms with Gasteiger partial charge in [-0.05, 0) is 153 Å². The summed E-state index contributed by atoms with van der Waals surface area (Å²) < 4.78 is 9.93. The van der Waals surface area contributed by atoms with E-state index in [0.717, 1.165) is 0 Å². The fourth-order valence-electron chi connectivity index (χ4n) is 16.0. The third-order valence-corrected chi connectivity index (χ3v) is 19.9. The van der Waals surface area contributed by atoms with Gasteiger partial charge in [-0.3, -0.25) is 0 Å². The number of rotatable bonds is 6. The highest BCUT2D eigenvalue weighted by Gasteiger charge is 2.24. The van der Waals surface area contributed by atoms with E-state index in [4.69, 9.17) is 0 Å². The van der Waals surface area contributed by atoms with Crippen molar-refractivity contribution in [1.82, 2.24) is 17.8 Å². The van der Waals surface area contributed by atoms with E-state index in [1.165, 1.54) is 197 Å². The first-order valence-electron chi connectivity index (χ1n) is 30.6. The summed E-state index contributed by atoms with van der Waals surface area (Å²) in [6.45, 7) is 0. The monoisotopic (exact) mass is 1110 g/mol. The molecule has 21 rings (SSSR count). The maximum Gasteiger partial charge on any atom is 0.0620 e. The minimum Gasteiger partial charge on any atom is -0.309 e. The second-order valence-electron chi connectivity index (χ2n) is 24.4. The van der Waals surface area contributed by atoms with Gasteiger partial charge in [0.15, 0.2) is 0 Å². The van der Waals surface area contributed by atoms with Crippen LogP contribution in [-0.4, -0.2) is 17.8 Å². The maximum atomic E-state index is 2.52. The van der Waals surface area contributed by atoms with Crippen molar-refractivity contribution in [3.8, 4) is 61.3 Å². The van der Waals surface area contributed by atoms with Gasteiger partial charge in [-0.15, -0.1) is 0 Å². The number of fused-ring (bicyclic) bond motifs is 21. The lowest BCUT2D eigenvalue weighted by Gasteiger charge is -2.09. The normalized spacial score (nSPS) is 12.5. The molecule has 0 N–H and O–H groups in total. The molecule has 0 atom stereocenters. The summed E-state index contributed by atoms with van der Waals surface area (Å²) in [4.78, 5) is 0. The lowest BCUT2D eigenvalue weighted by atomic mass is 9.96. The van der Waals surface area contributed by atoms with E-state index in [-0.39, 0.29) is 0 Å². The number of para-hydroxylation sites is 5. The number of benzene rings is 14. The molecule has 0 saturated carbocycles. The molecule has 7 heterocycles. The van der Waals surface area contributed by atoms with Crippen LogP contribution in [0, 0.1) is 0 Å². The van der Waals surface area contributed by atoms with Crippen LogP contribution in [0.1, 0.15) is 0 Å². The lowest BCUT2D eigenvalue weighted by Crippen LogP contribution is -1.93. The van der Waals surface area contributed by atoms with Gasteiger partial charge in [0.05, 0.1) is 60.7 Å². The zero-order valence-corrected chi connectivity index (χ0v) is 47.5. The van der Waals surface area contributed by atoms with Crippen LogP contribution in [0.5, 0.6) is 0 Å². The van der Waals surface area contributed by atoms with Gasteiger partial charge in [-0.25, -0.2) is 0 Å². The SMILES string of the molecule is c1ccc(-c2ccc3c(c2)c2cccc4c5cc(-c6cc7c8ccccc8n8c9cc(-c%10cccc(-c%11ccc%12c%13cccc%14c%15cc(-c%16ccc%17c%18ccccc%18n(-c%18ccccc%18)c%17c%16)ccc%15n(c%12c%11)c%14%13)c%10)ccc9c(c6)c78)ccc5n3c24)cc1. The first-order chi connectivity index (χ1) is 43.6. The van der Waals surface area contributed by atoms with Crippen molar-refractivity contribution in [2.45, 2.75) is 0 Å². The summed E-state index contributed by atoms with van der Waals surface area (Å²) in [5.74, 6) is 0. The predicted octanol–water partition coefficient (Wildman–Crippen LogP) is 22.6. The fraction of sp³-hybridized carbons (Fsp3) is 0. The summed E-state index contributed by atoms with van der Waals surface area (Å²) in [6, 6.07) is 109. The Bertz CT molecular complexity index is 6530. The van der Waals surface area contributed by atoms with Crippen molar-refractivity contribution in [3.05, 3.63) is 291 Å². The van der Waals surface area contributed by atoms with Gasteiger partial charge in [-0.1, -0.05) is 194 Å². The first kappa shape index (κ1) is 46.6. The highest BCUT2D eigenvalue weighted by Crippen LogP contribution is 2.47. The molecular formula is C84H48N4. The zero-order valence-electron chi connectivity index (χ0n) is 47.5. The topological polar surface area (TPSA) is 18.2 Å². The molecule has 0 aliphatic rings. The third kappa shape index (κ3) is 6.17. The van der Waals surface area contributed by atoms with E-state index in [2.05, 4.69) is 309 Å². The van der Waals surface area contributed by atoms with E-state index in [0.29, 0.717) is 0 Å². The van der Waals surface area contributed by atoms with Gasteiger partial charge in [-0.2, -0.15) is 0 Å². The maximum absolute atomic E-state index is 2.52. The molecule has 88 heavy (non-hydrogen) atoms. The standard InChI is InChI=1S/C84H48N4/c1-3-14-49(15-4-1)52-31-37-76-69(41-52)67-24-13-25-68-71-43-54(33-39-77(71)86(76)83(67)68)58-44-72-61-21-8-10-27-75(61)87-81-48-56(30-36-64(81)73(45-58)84(72)87)51-17-11-16-50(40-51)55-29-35-63-65-22-12-23-66-70-42-53(32-38-78(70)88(82(65)66)80(63)47-55)57-28-34-62-60-20-7-9-26-74(60)85(79(62)46-57)59-18-5-2-6-19-59/h1-48H. The largest absolute Gasteiger partial charge is 0.309 e. The van der Waals surface area contributed by atoms with Crippen LogP contribution in [0.4, 0.5) is 0 Å². The van der Waals surface area contributed by atoms with Crippen molar-refractivity contribution in [3.63, 3.8) is 0 Å². The molecule has 7 aromatic heterocycles. The molecule has 0 aliphatic heterocycles. The van der Waals surface area contributed by atoms with E-state index < -0.39 is 0 Å². The Morgan fingerprint density at radius 1 is 0.148 bits per heavy atom. The summed E-state index contributed by atoms with van der Waals surface area (Å²) >= 11 is 0. The van der Waals surface area contributed by atoms with Crippen molar-refractivity contribution >= 4 is 136 Å². The highest BCUT2D eigenvalue weighted by atomic mass is 15.0. The summed E-state index contributed by atoms with van der Waals surface area (Å²) in [6.07, 6.45) is 0. The van der Waals surface area contributed by atoms with Gasteiger partial charge in [0.2, 0.25) is 0 Å². The number of nitrogens with zero attached hydrogens (tertiary/aromatic N) is 4. The summed E-state index contributed by atoms with van der Waals surface area (Å²) in [7, 11) is 0. The van der Waals surface area contributed by atoms with Crippen LogP contribution in [0.15, 0.2) is 291 Å². The molecule has 0 radical (unpaired) electrons. The Labute approximate surface area is 503 Å². The molecule has 404 valence electrons. The van der Waals surface area contributed by atoms with Gasteiger partial charge in [0.25, 0.3) is 0 Å². The van der Waals surface area contributed by atoms with Crippen molar-refractivity contribution in [1.29, 1.82) is 0 Å². The van der Waals surface area contributed by atoms with Crippen molar-refractivity contribution in [2.24, 2.45) is 0 Å². The highest BCUT2D eigenvalue weighted by molar-refractivity contribution is 6.28. The second kappa shape index (κ2) is 17.0. The van der Waals surface area contributed by atoms with Crippen LogP contribution in [0.2, 0.25) is 0 Å². The first-order valence-corrected chi connectivity index (χ1v) is 30.6. The number of hydrogen-bond donors (Lipinski definition) is 0. The van der Waals surface area contributed by atoms with E-state index in [1.807, 2.05) is 0 Å². The van der Waals surface area contributed by atoms with Crippen LogP contribution in [0.3, 0.4) is 0 Å². The van der Waals surface area contributed by atoms with E-state index in [1.54, 1.807) is 0 Å². The lowest BCUT2D eigenvalue weighted by molar-refractivity contribution is 1.18. The Morgan fingerprint density at radius 3 is 1.03 bits per heavy atom. The molecule has 0 fully saturated rings. The smallest absolute Gasteiger partial charge is 0.0620 e. The Balaban J connectivity index is 0.664. The summed E-state index contributed by atoms with van der Waals surface area (Å²) in [5, 5.41) is 17.9. The van der Waals surface area contributed by atoms with Gasteiger partial charge < -0.3 is 17.8 Å². The summed E-state index contributed by atoms with van der Waals surface area (Å²) in [5.41, 5.74) is 27.0. The molecule has 14 aromatic carbocycles. The molecule has 0 bridgehead atoms. The Morgan fingerprint density at radius 2 is 0.466 bits per heavy atom. The van der Waals surface area contributed by atoms with Crippen molar-refractivity contribution < 1.29 is 0 Å². The predicted molar refractivity (Wildman–Crippen MR) is 372 cm³/mol. The molecule has 0 aliphatic carbocycles. The molecule has 4 nitrogen and oxygen atoms in total. The third-order valence-electron chi connectivity index (χ3n) is 19.9. The van der Waals surface area contributed by atoms with Crippen LogP contribution in [0.25, 0.3) is 197 Å². The molecule has 0 amide bonds. The van der Waals surface area contributed by atoms with Gasteiger partial charge in [0, 0.05) is 81.1 Å². The molecular weight excluding hydrogens is 1060 g/mol. The molecule has 4 heteroatoms. The second-order valence-corrected chi connectivity index (χ2v) is 24.4. The molecule has 0 unspecified atom stereocenters. The average Bonchev–Trinajstić information content (AvgIpc) is 1.73. The number of aromatic nitrogens is 4. The quantitative estimate of drug-likeness (QED) is 0.158. The zero-order chi connectivity index (χ0) is 57.0.